The molecule has 6 nitrogen and oxygen atoms in total. The van der Waals surface area contributed by atoms with E-state index in [1.54, 1.807) is 12.4 Å². The fourth-order valence-corrected chi connectivity index (χ4v) is 5.82. The maximum atomic E-state index is 11.1. The fraction of sp³-hybridized carbons (Fsp3) is 0.389. The maximum Gasteiger partial charge on any atom is 0.129 e. The normalized spacial score (nSPS) is 12.4. The lowest BCUT2D eigenvalue weighted by molar-refractivity contribution is 0.0625. The second-order valence-corrected chi connectivity index (χ2v) is 11.2. The van der Waals surface area contributed by atoms with Crippen LogP contribution in [0.3, 0.4) is 0 Å². The Hall–Kier alpha value is -3.74. The van der Waals surface area contributed by atoms with Gasteiger partial charge in [0, 0.05) is 54.9 Å². The number of benzene rings is 2. The number of aliphatic hydroxyl groups excluding tert-OH is 1. The van der Waals surface area contributed by atoms with Crippen molar-refractivity contribution in [2.45, 2.75) is 77.6 Å². The molecule has 0 aliphatic carbocycles. The molecule has 0 amide bonds. The molecule has 220 valence electrons. The van der Waals surface area contributed by atoms with Crippen molar-refractivity contribution in [2.75, 3.05) is 13.2 Å². The third-order valence-corrected chi connectivity index (χ3v) is 7.87. The number of ether oxygens (including phenoxy) is 1. The Morgan fingerprint density at radius 1 is 0.738 bits per heavy atom. The monoisotopic (exact) mass is 564 g/mol. The Morgan fingerprint density at radius 3 is 2.07 bits per heavy atom. The van der Waals surface area contributed by atoms with Gasteiger partial charge in [0.1, 0.15) is 18.5 Å². The zero-order valence-corrected chi connectivity index (χ0v) is 24.9. The van der Waals surface area contributed by atoms with Gasteiger partial charge in [-0.3, -0.25) is 14.9 Å². The Bertz CT molecular complexity index is 1460. The van der Waals surface area contributed by atoms with Crippen molar-refractivity contribution in [3.8, 4) is 5.75 Å². The van der Waals surface area contributed by atoms with E-state index in [4.69, 9.17) is 4.74 Å². The van der Waals surface area contributed by atoms with Gasteiger partial charge >= 0.3 is 0 Å². The molecule has 0 aliphatic heterocycles. The molecule has 3 aromatic heterocycles. The van der Waals surface area contributed by atoms with E-state index < -0.39 is 6.10 Å². The first kappa shape index (κ1) is 29.7. The molecule has 1 atom stereocenters. The molecule has 2 aromatic carbocycles. The summed E-state index contributed by atoms with van der Waals surface area (Å²) >= 11 is 0. The number of unbranched alkanes of at least 4 members (excludes halogenated alkanes) is 6. The molecule has 42 heavy (non-hydrogen) atoms. The number of fused-ring (bicyclic) bond motifs is 3. The molecule has 0 spiro atoms. The molecule has 0 saturated carbocycles. The Labute approximate surface area is 250 Å². The summed E-state index contributed by atoms with van der Waals surface area (Å²) in [5, 5.41) is 13.5. The molecular weight excluding hydrogens is 520 g/mol. The minimum atomic E-state index is -0.672. The van der Waals surface area contributed by atoms with E-state index in [0.717, 1.165) is 29.1 Å². The third kappa shape index (κ3) is 7.96. The number of aryl methyl sites for hydroxylation is 1. The molecule has 0 fully saturated rings. The Balaban J connectivity index is 1.27. The summed E-state index contributed by atoms with van der Waals surface area (Å²) in [4.78, 5) is 11.2. The van der Waals surface area contributed by atoms with Gasteiger partial charge in [-0.05, 0) is 48.9 Å². The predicted molar refractivity (Wildman–Crippen MR) is 172 cm³/mol. The van der Waals surface area contributed by atoms with Gasteiger partial charge in [-0.15, -0.1) is 0 Å². The predicted octanol–water partition coefficient (Wildman–Crippen LogP) is 7.78. The number of nitrogens with zero attached hydrogens (tertiary/aromatic N) is 4. The number of aromatic nitrogens is 3. The second-order valence-electron chi connectivity index (χ2n) is 11.2. The summed E-state index contributed by atoms with van der Waals surface area (Å²) in [6, 6.07) is 26.7. The number of para-hydroxylation sites is 1. The highest BCUT2D eigenvalue weighted by Crippen LogP contribution is 2.36. The molecule has 5 aromatic rings. The molecule has 3 heterocycles. The number of hydrogen-bond acceptors (Lipinski definition) is 5. The van der Waals surface area contributed by atoms with Crippen LogP contribution >= 0.6 is 0 Å². The van der Waals surface area contributed by atoms with E-state index in [-0.39, 0.29) is 6.61 Å². The van der Waals surface area contributed by atoms with E-state index in [1.165, 1.54) is 61.4 Å². The van der Waals surface area contributed by atoms with Gasteiger partial charge in [0.2, 0.25) is 0 Å². The molecular formula is C36H44N4O2. The summed E-state index contributed by atoms with van der Waals surface area (Å²) in [7, 11) is 0. The van der Waals surface area contributed by atoms with Crippen LogP contribution in [0.25, 0.3) is 21.8 Å². The lowest BCUT2D eigenvalue weighted by Crippen LogP contribution is -2.35. The standard InChI is InChI=1S/C36H44N4O2/c1-2-3-4-5-6-7-14-24-40-33-19-9-8-18-32(33)36-34(40)20-15-21-35(36)42-28-31(41)27-39(25-29-16-10-12-22-37-29)26-30-17-11-13-23-38-30/h8-13,15-23,31,41H,2-7,14,24-28H2,1H3. The minimum absolute atomic E-state index is 0.206. The smallest absolute Gasteiger partial charge is 0.129 e. The molecule has 5 rings (SSSR count). The van der Waals surface area contributed by atoms with Crippen molar-refractivity contribution in [2.24, 2.45) is 0 Å². The molecule has 0 aliphatic rings. The van der Waals surface area contributed by atoms with E-state index >= 15 is 0 Å². The minimum Gasteiger partial charge on any atom is -0.490 e. The van der Waals surface area contributed by atoms with Crippen molar-refractivity contribution < 1.29 is 9.84 Å². The first-order valence-corrected chi connectivity index (χ1v) is 15.6. The van der Waals surface area contributed by atoms with Crippen LogP contribution in [0, 0.1) is 0 Å². The topological polar surface area (TPSA) is 63.4 Å². The van der Waals surface area contributed by atoms with E-state index in [9.17, 15) is 5.11 Å². The van der Waals surface area contributed by atoms with Crippen molar-refractivity contribution in [3.63, 3.8) is 0 Å². The summed E-state index contributed by atoms with van der Waals surface area (Å²) < 4.78 is 8.81. The number of hydrogen-bond donors (Lipinski definition) is 1. The SMILES string of the molecule is CCCCCCCCCn1c2ccccc2c2c(OCC(O)CN(Cc3ccccn3)Cc3ccccn3)cccc21. The van der Waals surface area contributed by atoms with Crippen LogP contribution in [-0.2, 0) is 19.6 Å². The average Bonchev–Trinajstić information content (AvgIpc) is 3.34. The van der Waals surface area contributed by atoms with Gasteiger partial charge in [0.25, 0.3) is 0 Å². The van der Waals surface area contributed by atoms with Gasteiger partial charge in [-0.2, -0.15) is 0 Å². The van der Waals surface area contributed by atoms with Crippen LogP contribution in [0.2, 0.25) is 0 Å². The lowest BCUT2D eigenvalue weighted by atomic mass is 10.1. The maximum absolute atomic E-state index is 11.1. The van der Waals surface area contributed by atoms with Gasteiger partial charge < -0.3 is 14.4 Å². The van der Waals surface area contributed by atoms with Crippen molar-refractivity contribution in [1.29, 1.82) is 0 Å². The zero-order valence-electron chi connectivity index (χ0n) is 24.9. The first-order valence-electron chi connectivity index (χ1n) is 15.6. The summed E-state index contributed by atoms with van der Waals surface area (Å²) in [6.07, 6.45) is 12.0. The second kappa shape index (κ2) is 15.5. The van der Waals surface area contributed by atoms with Gasteiger partial charge in [-0.25, -0.2) is 0 Å². The Morgan fingerprint density at radius 2 is 1.38 bits per heavy atom. The molecule has 0 saturated heterocycles. The summed E-state index contributed by atoms with van der Waals surface area (Å²) in [5.41, 5.74) is 4.35. The summed E-state index contributed by atoms with van der Waals surface area (Å²) in [6.45, 7) is 5.16. The fourth-order valence-electron chi connectivity index (χ4n) is 5.82. The van der Waals surface area contributed by atoms with E-state index in [1.807, 2.05) is 42.5 Å². The highest BCUT2D eigenvalue weighted by atomic mass is 16.5. The highest BCUT2D eigenvalue weighted by molar-refractivity contribution is 6.11. The zero-order chi connectivity index (χ0) is 29.0. The van der Waals surface area contributed by atoms with Gasteiger partial charge in [0.05, 0.1) is 16.9 Å². The van der Waals surface area contributed by atoms with Crippen molar-refractivity contribution in [1.82, 2.24) is 19.4 Å². The molecule has 1 N–H and O–H groups in total. The van der Waals surface area contributed by atoms with E-state index in [0.29, 0.717) is 19.6 Å². The third-order valence-electron chi connectivity index (χ3n) is 7.87. The number of rotatable bonds is 17. The van der Waals surface area contributed by atoms with Crippen molar-refractivity contribution in [3.05, 3.63) is 103 Å². The number of aliphatic hydroxyl groups is 1. The van der Waals surface area contributed by atoms with E-state index in [2.05, 4.69) is 62.8 Å². The number of pyridine rings is 2. The quantitative estimate of drug-likeness (QED) is 0.117. The summed E-state index contributed by atoms with van der Waals surface area (Å²) in [5.74, 6) is 0.821. The van der Waals surface area contributed by atoms with Gasteiger partial charge in [-0.1, -0.05) is 81.8 Å². The Kier molecular flexibility index (Phi) is 11.0. The molecule has 0 bridgehead atoms. The van der Waals surface area contributed by atoms with Crippen LogP contribution in [0.1, 0.15) is 63.3 Å². The molecule has 0 radical (unpaired) electrons. The van der Waals surface area contributed by atoms with Crippen LogP contribution in [0.4, 0.5) is 0 Å². The van der Waals surface area contributed by atoms with Crippen LogP contribution in [0.15, 0.2) is 91.3 Å². The molecule has 6 heteroatoms. The first-order chi connectivity index (χ1) is 20.7. The molecule has 1 unspecified atom stereocenters. The lowest BCUT2D eigenvalue weighted by Gasteiger charge is -2.24. The average molecular weight is 565 g/mol. The van der Waals surface area contributed by atoms with Crippen LogP contribution in [-0.4, -0.2) is 43.8 Å². The highest BCUT2D eigenvalue weighted by Gasteiger charge is 2.18. The van der Waals surface area contributed by atoms with Crippen molar-refractivity contribution >= 4 is 21.8 Å². The van der Waals surface area contributed by atoms with Crippen LogP contribution < -0.4 is 4.74 Å². The van der Waals surface area contributed by atoms with Gasteiger partial charge in [0.15, 0.2) is 0 Å². The largest absolute Gasteiger partial charge is 0.490 e. The van der Waals surface area contributed by atoms with Crippen LogP contribution in [0.5, 0.6) is 5.75 Å².